The molecule has 0 radical (unpaired) electrons. The minimum atomic E-state index is -0.188. The first-order valence-corrected chi connectivity index (χ1v) is 15.5. The molecule has 0 atom stereocenters. The Bertz CT molecular complexity index is 1850. The molecule has 2 aromatic heterocycles. The second-order valence-corrected chi connectivity index (χ2v) is 15.0. The van der Waals surface area contributed by atoms with E-state index in [1.165, 1.54) is 78.1 Å². The lowest BCUT2D eigenvalue weighted by Crippen LogP contribution is -2.63. The molecule has 5 aromatic rings. The molecule has 1 aliphatic carbocycles. The molecule has 0 bridgehead atoms. The number of fused-ring (bicyclic) bond motifs is 7. The average molecular weight is 539 g/mol. The van der Waals surface area contributed by atoms with Gasteiger partial charge < -0.3 is 4.90 Å². The van der Waals surface area contributed by atoms with Crippen molar-refractivity contribution in [3.8, 4) is 0 Å². The molecule has 0 unspecified atom stereocenters. The van der Waals surface area contributed by atoms with E-state index in [0.29, 0.717) is 0 Å². The summed E-state index contributed by atoms with van der Waals surface area (Å²) in [6.07, 6.45) is 4.46. The van der Waals surface area contributed by atoms with E-state index >= 15 is 0 Å². The van der Waals surface area contributed by atoms with Gasteiger partial charge in [-0.05, 0) is 91.8 Å². The number of aromatic nitrogens is 1. The zero-order chi connectivity index (χ0) is 27.6. The SMILES string of the molecule is CC1(C)CCC(C)(C)c2cc3c(cc21)B1c2sc4ccccc4c2C(C)(C)c2nccc(c21)N3c1ccccc1. The van der Waals surface area contributed by atoms with E-state index in [-0.39, 0.29) is 23.0 Å². The van der Waals surface area contributed by atoms with Crippen molar-refractivity contribution >= 4 is 60.9 Å². The summed E-state index contributed by atoms with van der Waals surface area (Å²) in [7, 11) is 0. The molecule has 8 rings (SSSR count). The lowest BCUT2D eigenvalue weighted by molar-refractivity contribution is 0.332. The van der Waals surface area contributed by atoms with Crippen LogP contribution in [0.3, 0.4) is 0 Å². The lowest BCUT2D eigenvalue weighted by atomic mass is 9.33. The van der Waals surface area contributed by atoms with Crippen LogP contribution < -0.4 is 20.6 Å². The normalized spacial score (nSPS) is 19.1. The van der Waals surface area contributed by atoms with E-state index in [1.807, 2.05) is 17.5 Å². The van der Waals surface area contributed by atoms with Crippen LogP contribution in [-0.2, 0) is 16.2 Å². The van der Waals surface area contributed by atoms with Crippen molar-refractivity contribution in [1.29, 1.82) is 0 Å². The zero-order valence-electron chi connectivity index (χ0n) is 24.3. The van der Waals surface area contributed by atoms with Gasteiger partial charge in [0.2, 0.25) is 0 Å². The molecule has 3 aliphatic rings. The third-order valence-corrected chi connectivity index (χ3v) is 11.4. The van der Waals surface area contributed by atoms with Crippen molar-refractivity contribution in [2.24, 2.45) is 0 Å². The molecular formula is C36H35BN2S. The van der Waals surface area contributed by atoms with Gasteiger partial charge in [-0.1, -0.05) is 84.0 Å². The monoisotopic (exact) mass is 538 g/mol. The van der Waals surface area contributed by atoms with Gasteiger partial charge in [0.25, 0.3) is 6.71 Å². The third-order valence-electron chi connectivity index (χ3n) is 10.2. The van der Waals surface area contributed by atoms with Gasteiger partial charge in [-0.3, -0.25) is 4.98 Å². The van der Waals surface area contributed by atoms with Crippen molar-refractivity contribution in [3.63, 3.8) is 0 Å². The Morgan fingerprint density at radius 2 is 1.45 bits per heavy atom. The Morgan fingerprint density at radius 1 is 0.775 bits per heavy atom. The summed E-state index contributed by atoms with van der Waals surface area (Å²) in [6.45, 7) is 14.7. The highest BCUT2D eigenvalue weighted by Gasteiger charge is 2.50. The molecule has 0 saturated carbocycles. The van der Waals surface area contributed by atoms with Crippen LogP contribution in [0.25, 0.3) is 10.1 Å². The summed E-state index contributed by atoms with van der Waals surface area (Å²) in [5.74, 6) is 0. The number of rotatable bonds is 1. The molecular weight excluding hydrogens is 503 g/mol. The summed E-state index contributed by atoms with van der Waals surface area (Å²) in [5, 5.41) is 1.39. The van der Waals surface area contributed by atoms with Gasteiger partial charge >= 0.3 is 0 Å². The summed E-state index contributed by atoms with van der Waals surface area (Å²) in [4.78, 5) is 7.69. The van der Waals surface area contributed by atoms with Gasteiger partial charge in [0.15, 0.2) is 0 Å². The van der Waals surface area contributed by atoms with E-state index in [9.17, 15) is 0 Å². The highest BCUT2D eigenvalue weighted by molar-refractivity contribution is 7.32. The van der Waals surface area contributed by atoms with Gasteiger partial charge in [0.05, 0.1) is 0 Å². The Labute approximate surface area is 242 Å². The maximum Gasteiger partial charge on any atom is 0.261 e. The van der Waals surface area contributed by atoms with Crippen molar-refractivity contribution < 1.29 is 0 Å². The first kappa shape index (κ1) is 24.4. The maximum absolute atomic E-state index is 5.17. The molecule has 3 aromatic carbocycles. The largest absolute Gasteiger partial charge is 0.311 e. The fourth-order valence-corrected chi connectivity index (χ4v) is 9.42. The number of hydrogen-bond donors (Lipinski definition) is 0. The van der Waals surface area contributed by atoms with Crippen LogP contribution in [0.2, 0.25) is 0 Å². The Balaban J connectivity index is 1.53. The zero-order valence-corrected chi connectivity index (χ0v) is 25.1. The van der Waals surface area contributed by atoms with Gasteiger partial charge in [-0.25, -0.2) is 0 Å². The lowest BCUT2D eigenvalue weighted by Gasteiger charge is -2.47. The number of thiophene rings is 1. The highest BCUT2D eigenvalue weighted by atomic mass is 32.1. The number of nitrogens with zero attached hydrogens (tertiary/aromatic N) is 2. The average Bonchev–Trinajstić information content (AvgIpc) is 3.34. The number of hydrogen-bond acceptors (Lipinski definition) is 3. The van der Waals surface area contributed by atoms with Gasteiger partial charge in [0.1, 0.15) is 0 Å². The number of pyridine rings is 1. The number of para-hydroxylation sites is 1. The summed E-state index contributed by atoms with van der Waals surface area (Å²) in [5.41, 5.74) is 12.4. The smallest absolute Gasteiger partial charge is 0.261 e. The second kappa shape index (κ2) is 7.88. The summed E-state index contributed by atoms with van der Waals surface area (Å²) in [6, 6.07) is 27.4. The predicted molar refractivity (Wildman–Crippen MR) is 173 cm³/mol. The van der Waals surface area contributed by atoms with Crippen LogP contribution >= 0.6 is 11.3 Å². The van der Waals surface area contributed by atoms with E-state index < -0.39 is 0 Å². The summed E-state index contributed by atoms with van der Waals surface area (Å²) >= 11 is 1.99. The van der Waals surface area contributed by atoms with Gasteiger partial charge in [-0.2, -0.15) is 0 Å². The van der Waals surface area contributed by atoms with Crippen molar-refractivity contribution in [2.45, 2.75) is 70.6 Å². The Morgan fingerprint density at radius 3 is 2.20 bits per heavy atom. The van der Waals surface area contributed by atoms with Crippen LogP contribution in [0.5, 0.6) is 0 Å². The van der Waals surface area contributed by atoms with Crippen LogP contribution in [0, 0.1) is 0 Å². The maximum atomic E-state index is 5.17. The molecule has 0 spiro atoms. The molecule has 0 N–H and O–H groups in total. The standard InChI is InChI=1S/C36H35BN2S/c1-34(2)17-18-35(3,4)25-21-28-26(20-24(25)34)37-31-27(39(28)22-12-8-7-9-13-22)16-19-38-32(31)36(5,6)30-23-14-10-11-15-29(23)40-33(30)37/h7-16,19-21H,17-18H2,1-6H3. The van der Waals surface area contributed by atoms with Crippen molar-refractivity contribution in [3.05, 3.63) is 101 Å². The minimum absolute atomic E-state index is 0.142. The first-order valence-electron chi connectivity index (χ1n) is 14.6. The Kier molecular flexibility index (Phi) is 4.82. The molecule has 0 amide bonds. The van der Waals surface area contributed by atoms with Crippen LogP contribution in [0.15, 0.2) is 79.0 Å². The van der Waals surface area contributed by atoms with Crippen LogP contribution in [-0.4, -0.2) is 11.7 Å². The van der Waals surface area contributed by atoms with E-state index in [4.69, 9.17) is 4.98 Å². The molecule has 0 saturated heterocycles. The molecule has 4 heteroatoms. The van der Waals surface area contributed by atoms with Gasteiger partial charge in [0, 0.05) is 39.1 Å². The van der Waals surface area contributed by atoms with Crippen molar-refractivity contribution in [2.75, 3.05) is 4.90 Å². The topological polar surface area (TPSA) is 16.1 Å². The van der Waals surface area contributed by atoms with E-state index in [0.717, 1.165) is 0 Å². The van der Waals surface area contributed by atoms with Gasteiger partial charge in [-0.15, -0.1) is 11.3 Å². The van der Waals surface area contributed by atoms with E-state index in [1.54, 1.807) is 0 Å². The fraction of sp³-hybridized carbons (Fsp3) is 0.306. The fourth-order valence-electron chi connectivity index (χ4n) is 7.93. The Hall–Kier alpha value is -3.37. The van der Waals surface area contributed by atoms with E-state index in [2.05, 4.69) is 119 Å². The number of benzene rings is 3. The number of anilines is 3. The minimum Gasteiger partial charge on any atom is -0.311 e. The molecule has 4 heterocycles. The first-order chi connectivity index (χ1) is 19.1. The highest BCUT2D eigenvalue weighted by Crippen LogP contribution is 2.50. The molecule has 198 valence electrons. The molecule has 2 nitrogen and oxygen atoms in total. The molecule has 0 fully saturated rings. The molecule has 40 heavy (non-hydrogen) atoms. The summed E-state index contributed by atoms with van der Waals surface area (Å²) < 4.78 is 2.87. The van der Waals surface area contributed by atoms with Crippen LogP contribution in [0.4, 0.5) is 17.1 Å². The predicted octanol–water partition coefficient (Wildman–Crippen LogP) is 7.58. The third kappa shape index (κ3) is 3.09. The quantitative estimate of drug-likeness (QED) is 0.201. The van der Waals surface area contributed by atoms with Crippen LogP contribution in [0.1, 0.15) is 76.8 Å². The van der Waals surface area contributed by atoms with Crippen molar-refractivity contribution in [1.82, 2.24) is 4.98 Å². The molecule has 2 aliphatic heterocycles. The second-order valence-electron chi connectivity index (χ2n) is 13.9.